The first-order chi connectivity index (χ1) is 9.06. The molecule has 0 unspecified atom stereocenters. The summed E-state index contributed by atoms with van der Waals surface area (Å²) < 4.78 is 0. The van der Waals surface area contributed by atoms with Gasteiger partial charge in [-0.25, -0.2) is 0 Å². The first-order valence-corrected chi connectivity index (χ1v) is 6.47. The average molecular weight is 298 g/mol. The van der Waals surface area contributed by atoms with Crippen LogP contribution in [0.2, 0.25) is 0 Å². The zero-order chi connectivity index (χ0) is 13.8. The smallest absolute Gasteiger partial charge is 0.248 e. The Morgan fingerprint density at radius 1 is 1.35 bits per heavy atom. The molecule has 0 radical (unpaired) electrons. The molecule has 1 fully saturated rings. The van der Waals surface area contributed by atoms with Crippen molar-refractivity contribution in [1.82, 2.24) is 5.32 Å². The summed E-state index contributed by atoms with van der Waals surface area (Å²) >= 11 is 0. The molecular formula is C14H20ClN3O2. The van der Waals surface area contributed by atoms with E-state index in [0.29, 0.717) is 17.8 Å². The molecule has 110 valence electrons. The predicted octanol–water partition coefficient (Wildman–Crippen LogP) is 1.45. The number of primary amides is 1. The number of carbonyl (C=O) groups excluding carboxylic acids is 2. The van der Waals surface area contributed by atoms with Crippen LogP contribution < -0.4 is 16.4 Å². The molecule has 1 aromatic carbocycles. The Hall–Kier alpha value is -1.59. The van der Waals surface area contributed by atoms with Gasteiger partial charge >= 0.3 is 0 Å². The van der Waals surface area contributed by atoms with Crippen molar-refractivity contribution in [2.45, 2.75) is 19.8 Å². The Labute approximate surface area is 124 Å². The largest absolute Gasteiger partial charge is 0.366 e. The van der Waals surface area contributed by atoms with E-state index in [4.69, 9.17) is 5.73 Å². The molecule has 2 rings (SSSR count). The lowest BCUT2D eigenvalue weighted by Gasteiger charge is -2.08. The number of anilines is 1. The second-order valence-electron chi connectivity index (χ2n) is 5.02. The van der Waals surface area contributed by atoms with E-state index in [1.807, 2.05) is 0 Å². The molecule has 0 spiro atoms. The third-order valence-corrected chi connectivity index (χ3v) is 3.19. The van der Waals surface area contributed by atoms with Crippen molar-refractivity contribution < 1.29 is 9.59 Å². The van der Waals surface area contributed by atoms with Gasteiger partial charge in [0, 0.05) is 11.3 Å². The van der Waals surface area contributed by atoms with Gasteiger partial charge in [0.05, 0.1) is 6.54 Å². The summed E-state index contributed by atoms with van der Waals surface area (Å²) in [5, 5.41) is 5.91. The molecule has 0 bridgehead atoms. The Kier molecular flexibility index (Phi) is 5.98. The van der Waals surface area contributed by atoms with Gasteiger partial charge in [-0.15, -0.1) is 12.4 Å². The van der Waals surface area contributed by atoms with Crippen molar-refractivity contribution in [2.24, 2.45) is 11.7 Å². The molecule has 0 atom stereocenters. The average Bonchev–Trinajstić information content (AvgIpc) is 3.12. The van der Waals surface area contributed by atoms with E-state index in [1.54, 1.807) is 25.1 Å². The molecule has 5 nitrogen and oxygen atoms in total. The summed E-state index contributed by atoms with van der Waals surface area (Å²) in [6.07, 6.45) is 2.53. The SMILES string of the molecule is Cc1cc(NC(=O)CNCC2CC2)ccc1C(N)=O.Cl. The van der Waals surface area contributed by atoms with E-state index in [0.717, 1.165) is 18.0 Å². The molecule has 1 saturated carbocycles. The zero-order valence-corrected chi connectivity index (χ0v) is 12.3. The minimum Gasteiger partial charge on any atom is -0.366 e. The first-order valence-electron chi connectivity index (χ1n) is 6.47. The summed E-state index contributed by atoms with van der Waals surface area (Å²) in [7, 11) is 0. The van der Waals surface area contributed by atoms with E-state index in [1.165, 1.54) is 12.8 Å². The quantitative estimate of drug-likeness (QED) is 0.743. The molecule has 0 saturated heterocycles. The summed E-state index contributed by atoms with van der Waals surface area (Å²) in [5.41, 5.74) is 7.15. The molecule has 1 aliphatic carbocycles. The van der Waals surface area contributed by atoms with Gasteiger partial charge in [-0.3, -0.25) is 9.59 Å². The molecule has 0 heterocycles. The van der Waals surface area contributed by atoms with Crippen LogP contribution in [0.1, 0.15) is 28.8 Å². The number of rotatable bonds is 6. The van der Waals surface area contributed by atoms with Crippen LogP contribution in [0.5, 0.6) is 0 Å². The Bertz CT molecular complexity index is 501. The van der Waals surface area contributed by atoms with Crippen LogP contribution in [0.4, 0.5) is 5.69 Å². The second kappa shape index (κ2) is 7.26. The van der Waals surface area contributed by atoms with Crippen LogP contribution in [0, 0.1) is 12.8 Å². The Balaban J connectivity index is 0.00000200. The number of hydrogen-bond acceptors (Lipinski definition) is 3. The number of nitrogens with two attached hydrogens (primary N) is 1. The highest BCUT2D eigenvalue weighted by atomic mass is 35.5. The minimum absolute atomic E-state index is 0. The van der Waals surface area contributed by atoms with E-state index in [-0.39, 0.29) is 18.3 Å². The van der Waals surface area contributed by atoms with Crippen LogP contribution in [-0.2, 0) is 4.79 Å². The van der Waals surface area contributed by atoms with Crippen molar-refractivity contribution >= 4 is 29.9 Å². The van der Waals surface area contributed by atoms with Crippen molar-refractivity contribution in [3.8, 4) is 0 Å². The summed E-state index contributed by atoms with van der Waals surface area (Å²) in [5.74, 6) is 0.221. The highest BCUT2D eigenvalue weighted by Gasteiger charge is 2.20. The van der Waals surface area contributed by atoms with Crippen molar-refractivity contribution in [3.05, 3.63) is 29.3 Å². The first kappa shape index (κ1) is 16.5. The molecule has 20 heavy (non-hydrogen) atoms. The summed E-state index contributed by atoms with van der Waals surface area (Å²) in [6.45, 7) is 3.02. The van der Waals surface area contributed by atoms with Crippen LogP contribution >= 0.6 is 12.4 Å². The lowest BCUT2D eigenvalue weighted by atomic mass is 10.1. The van der Waals surface area contributed by atoms with Gasteiger partial charge in [-0.2, -0.15) is 0 Å². The summed E-state index contributed by atoms with van der Waals surface area (Å²) in [6, 6.07) is 5.07. The molecule has 2 amide bonds. The standard InChI is InChI=1S/C14H19N3O2.ClH/c1-9-6-11(4-5-12(9)14(15)19)17-13(18)8-16-7-10-2-3-10;/h4-6,10,16H,2-3,7-8H2,1H3,(H2,15,19)(H,17,18);1H. The number of carbonyl (C=O) groups is 2. The number of amides is 2. The maximum atomic E-state index is 11.7. The van der Waals surface area contributed by atoms with Gasteiger partial charge in [-0.1, -0.05) is 0 Å². The number of aryl methyl sites for hydroxylation is 1. The third kappa shape index (κ3) is 4.83. The molecule has 0 aliphatic heterocycles. The maximum absolute atomic E-state index is 11.7. The van der Waals surface area contributed by atoms with E-state index in [2.05, 4.69) is 10.6 Å². The van der Waals surface area contributed by atoms with Crippen molar-refractivity contribution in [1.29, 1.82) is 0 Å². The molecule has 1 aliphatic rings. The summed E-state index contributed by atoms with van der Waals surface area (Å²) in [4.78, 5) is 22.8. The van der Waals surface area contributed by atoms with Gasteiger partial charge < -0.3 is 16.4 Å². The third-order valence-electron chi connectivity index (χ3n) is 3.19. The number of halogens is 1. The van der Waals surface area contributed by atoms with Crippen LogP contribution in [0.3, 0.4) is 0 Å². The monoisotopic (exact) mass is 297 g/mol. The maximum Gasteiger partial charge on any atom is 0.248 e. The van der Waals surface area contributed by atoms with Gasteiger partial charge in [0.25, 0.3) is 0 Å². The predicted molar refractivity (Wildman–Crippen MR) is 81.2 cm³/mol. The highest BCUT2D eigenvalue weighted by Crippen LogP contribution is 2.27. The zero-order valence-electron chi connectivity index (χ0n) is 11.4. The molecule has 6 heteroatoms. The van der Waals surface area contributed by atoms with Crippen LogP contribution in [0.25, 0.3) is 0 Å². The topological polar surface area (TPSA) is 84.2 Å². The number of nitrogens with one attached hydrogen (secondary N) is 2. The molecule has 1 aromatic rings. The molecular weight excluding hydrogens is 278 g/mol. The van der Waals surface area contributed by atoms with Crippen LogP contribution in [-0.4, -0.2) is 24.9 Å². The van der Waals surface area contributed by atoms with Gasteiger partial charge in [0.15, 0.2) is 0 Å². The van der Waals surface area contributed by atoms with Crippen molar-refractivity contribution in [3.63, 3.8) is 0 Å². The minimum atomic E-state index is -0.457. The fourth-order valence-electron chi connectivity index (χ4n) is 1.93. The molecule has 4 N–H and O–H groups in total. The van der Waals surface area contributed by atoms with Gasteiger partial charge in [-0.05, 0) is 56.0 Å². The second-order valence-corrected chi connectivity index (χ2v) is 5.02. The van der Waals surface area contributed by atoms with E-state index in [9.17, 15) is 9.59 Å². The van der Waals surface area contributed by atoms with Crippen molar-refractivity contribution in [2.75, 3.05) is 18.4 Å². The number of hydrogen-bond donors (Lipinski definition) is 3. The van der Waals surface area contributed by atoms with Gasteiger partial charge in [0.1, 0.15) is 0 Å². The lowest BCUT2D eigenvalue weighted by molar-refractivity contribution is -0.115. The lowest BCUT2D eigenvalue weighted by Crippen LogP contribution is -2.29. The van der Waals surface area contributed by atoms with E-state index < -0.39 is 5.91 Å². The normalized spacial score (nSPS) is 13.4. The van der Waals surface area contributed by atoms with E-state index >= 15 is 0 Å². The highest BCUT2D eigenvalue weighted by molar-refractivity contribution is 5.96. The molecule has 0 aromatic heterocycles. The van der Waals surface area contributed by atoms with Gasteiger partial charge in [0.2, 0.25) is 11.8 Å². The number of benzene rings is 1. The Morgan fingerprint density at radius 2 is 2.05 bits per heavy atom. The fraction of sp³-hybridized carbons (Fsp3) is 0.429. The fourth-order valence-corrected chi connectivity index (χ4v) is 1.93. The van der Waals surface area contributed by atoms with Crippen LogP contribution in [0.15, 0.2) is 18.2 Å². The Morgan fingerprint density at radius 3 is 2.60 bits per heavy atom.